The second kappa shape index (κ2) is 8.45. The van der Waals surface area contributed by atoms with E-state index < -0.39 is 10.0 Å². The van der Waals surface area contributed by atoms with Gasteiger partial charge in [0.15, 0.2) is 0 Å². The minimum Gasteiger partial charge on any atom is -0.326 e. The third-order valence-corrected chi connectivity index (χ3v) is 7.38. The van der Waals surface area contributed by atoms with E-state index in [4.69, 9.17) is 0 Å². The number of nitrogens with zero attached hydrogens (tertiary/aromatic N) is 1. The first-order valence-corrected chi connectivity index (χ1v) is 11.2. The first kappa shape index (κ1) is 20.6. The summed E-state index contributed by atoms with van der Waals surface area (Å²) in [7, 11) is -3.61. The van der Waals surface area contributed by atoms with Crippen LogP contribution < -0.4 is 5.32 Å². The molecule has 1 N–H and O–H groups in total. The van der Waals surface area contributed by atoms with Crippen molar-refractivity contribution >= 4 is 21.6 Å². The van der Waals surface area contributed by atoms with Crippen molar-refractivity contribution in [3.05, 3.63) is 59.2 Å². The third kappa shape index (κ3) is 4.62. The van der Waals surface area contributed by atoms with E-state index in [9.17, 15) is 13.2 Å². The average Bonchev–Trinajstić information content (AvgIpc) is 2.65. The van der Waals surface area contributed by atoms with E-state index >= 15 is 0 Å². The van der Waals surface area contributed by atoms with Crippen LogP contribution in [0.2, 0.25) is 0 Å². The van der Waals surface area contributed by atoms with Crippen LogP contribution in [0.25, 0.3) is 0 Å². The lowest BCUT2D eigenvalue weighted by Crippen LogP contribution is -2.45. The maximum Gasteiger partial charge on any atom is 0.243 e. The molecule has 5 nitrogen and oxygen atoms in total. The van der Waals surface area contributed by atoms with Gasteiger partial charge in [-0.2, -0.15) is 4.31 Å². The van der Waals surface area contributed by atoms with Gasteiger partial charge in [0.1, 0.15) is 0 Å². The molecule has 1 aliphatic heterocycles. The molecule has 1 aliphatic rings. The summed E-state index contributed by atoms with van der Waals surface area (Å²) in [6, 6.07) is 12.4. The zero-order valence-corrected chi connectivity index (χ0v) is 17.6. The number of aryl methyl sites for hydroxylation is 3. The number of benzene rings is 2. The van der Waals surface area contributed by atoms with Crippen molar-refractivity contribution in [2.75, 3.05) is 11.9 Å². The second-order valence-electron chi connectivity index (χ2n) is 7.63. The molecule has 0 spiro atoms. The molecule has 28 heavy (non-hydrogen) atoms. The van der Waals surface area contributed by atoms with Gasteiger partial charge in [-0.05, 0) is 69.0 Å². The van der Waals surface area contributed by atoms with Crippen LogP contribution in [0.15, 0.2) is 47.4 Å². The Hall–Kier alpha value is -2.18. The van der Waals surface area contributed by atoms with E-state index in [0.717, 1.165) is 29.7 Å². The standard InChI is InChI=1S/C22H28N2O3S/c1-16-7-11-21(12-8-16)28(26,27)24-13-5-4-6-20(24)15-22(25)23-19-10-9-17(2)18(3)14-19/h7-12,14,20H,4-6,13,15H2,1-3H3,(H,23,25)/t20-/m0/s1. The molecule has 2 aromatic carbocycles. The third-order valence-electron chi connectivity index (χ3n) is 5.41. The summed E-state index contributed by atoms with van der Waals surface area (Å²) in [5.74, 6) is -0.153. The van der Waals surface area contributed by atoms with Crippen molar-refractivity contribution in [2.45, 2.75) is 57.4 Å². The summed E-state index contributed by atoms with van der Waals surface area (Å²) in [6.07, 6.45) is 2.62. The number of nitrogens with one attached hydrogen (secondary N) is 1. The van der Waals surface area contributed by atoms with Gasteiger partial charge in [-0.25, -0.2) is 8.42 Å². The van der Waals surface area contributed by atoms with E-state index in [0.29, 0.717) is 17.9 Å². The van der Waals surface area contributed by atoms with Crippen molar-refractivity contribution in [1.82, 2.24) is 4.31 Å². The smallest absolute Gasteiger partial charge is 0.243 e. The van der Waals surface area contributed by atoms with Crippen molar-refractivity contribution < 1.29 is 13.2 Å². The Balaban J connectivity index is 1.74. The van der Waals surface area contributed by atoms with Crippen molar-refractivity contribution in [3.8, 4) is 0 Å². The highest BCUT2D eigenvalue weighted by Crippen LogP contribution is 2.27. The van der Waals surface area contributed by atoms with Crippen LogP contribution >= 0.6 is 0 Å². The van der Waals surface area contributed by atoms with E-state index in [-0.39, 0.29) is 18.4 Å². The Morgan fingerprint density at radius 3 is 2.43 bits per heavy atom. The number of rotatable bonds is 5. The first-order chi connectivity index (χ1) is 13.3. The zero-order valence-electron chi connectivity index (χ0n) is 16.7. The van der Waals surface area contributed by atoms with Crippen LogP contribution in [-0.4, -0.2) is 31.2 Å². The molecule has 0 aromatic heterocycles. The van der Waals surface area contributed by atoms with Gasteiger partial charge in [-0.1, -0.05) is 30.2 Å². The topological polar surface area (TPSA) is 66.5 Å². The summed E-state index contributed by atoms with van der Waals surface area (Å²) >= 11 is 0. The van der Waals surface area contributed by atoms with Gasteiger partial charge in [0.05, 0.1) is 4.90 Å². The first-order valence-electron chi connectivity index (χ1n) is 9.73. The minimum atomic E-state index is -3.61. The number of sulfonamides is 1. The summed E-state index contributed by atoms with van der Waals surface area (Å²) in [6.45, 7) is 6.41. The highest BCUT2D eigenvalue weighted by molar-refractivity contribution is 7.89. The Bertz CT molecular complexity index is 952. The van der Waals surface area contributed by atoms with Crippen molar-refractivity contribution in [2.24, 2.45) is 0 Å². The van der Waals surface area contributed by atoms with Crippen molar-refractivity contribution in [3.63, 3.8) is 0 Å². The van der Waals surface area contributed by atoms with Crippen LogP contribution in [0.3, 0.4) is 0 Å². The minimum absolute atomic E-state index is 0.153. The number of amides is 1. The van der Waals surface area contributed by atoms with E-state index in [2.05, 4.69) is 5.32 Å². The summed E-state index contributed by atoms with van der Waals surface area (Å²) < 4.78 is 27.8. The lowest BCUT2D eigenvalue weighted by atomic mass is 10.0. The molecule has 0 unspecified atom stereocenters. The lowest BCUT2D eigenvalue weighted by Gasteiger charge is -2.34. The molecular formula is C22H28N2O3S. The van der Waals surface area contributed by atoms with E-state index in [1.165, 1.54) is 9.87 Å². The molecule has 6 heteroatoms. The molecule has 1 heterocycles. The highest BCUT2D eigenvalue weighted by atomic mass is 32.2. The molecule has 1 fully saturated rings. The summed E-state index contributed by atoms with van der Waals surface area (Å²) in [5.41, 5.74) is 4.04. The summed E-state index contributed by atoms with van der Waals surface area (Å²) in [4.78, 5) is 12.9. The fourth-order valence-corrected chi connectivity index (χ4v) is 5.28. The fraction of sp³-hybridized carbons (Fsp3) is 0.409. The van der Waals surface area contributed by atoms with Gasteiger partial charge in [-0.3, -0.25) is 4.79 Å². The normalized spacial score (nSPS) is 18.0. The maximum absolute atomic E-state index is 13.1. The number of piperidine rings is 1. The van der Waals surface area contributed by atoms with Gasteiger partial charge in [0, 0.05) is 24.7 Å². The Kier molecular flexibility index (Phi) is 6.20. The Labute approximate surface area is 167 Å². The van der Waals surface area contributed by atoms with E-state index in [1.807, 2.05) is 39.0 Å². The van der Waals surface area contributed by atoms with E-state index in [1.54, 1.807) is 24.3 Å². The monoisotopic (exact) mass is 400 g/mol. The largest absolute Gasteiger partial charge is 0.326 e. The molecule has 0 aliphatic carbocycles. The molecule has 0 saturated carbocycles. The van der Waals surface area contributed by atoms with Gasteiger partial charge in [0.25, 0.3) is 0 Å². The predicted molar refractivity (Wildman–Crippen MR) is 112 cm³/mol. The summed E-state index contributed by atoms with van der Waals surface area (Å²) in [5, 5.41) is 2.92. The van der Waals surface area contributed by atoms with Gasteiger partial charge in [-0.15, -0.1) is 0 Å². The molecule has 3 rings (SSSR count). The second-order valence-corrected chi connectivity index (χ2v) is 9.52. The fourth-order valence-electron chi connectivity index (χ4n) is 3.59. The van der Waals surface area contributed by atoms with Gasteiger partial charge >= 0.3 is 0 Å². The van der Waals surface area contributed by atoms with Gasteiger partial charge < -0.3 is 5.32 Å². The molecule has 1 amide bonds. The number of carbonyl (C=O) groups is 1. The lowest BCUT2D eigenvalue weighted by molar-refractivity contribution is -0.117. The molecule has 0 radical (unpaired) electrons. The quantitative estimate of drug-likeness (QED) is 0.819. The van der Waals surface area contributed by atoms with Gasteiger partial charge in [0.2, 0.25) is 15.9 Å². The van der Waals surface area contributed by atoms with Crippen LogP contribution in [0.4, 0.5) is 5.69 Å². The zero-order chi connectivity index (χ0) is 20.3. The highest BCUT2D eigenvalue weighted by Gasteiger charge is 2.34. The molecule has 0 bridgehead atoms. The van der Waals surface area contributed by atoms with Crippen LogP contribution in [0, 0.1) is 20.8 Å². The number of carbonyl (C=O) groups excluding carboxylic acids is 1. The molecule has 2 aromatic rings. The predicted octanol–water partition coefficient (Wildman–Crippen LogP) is 4.18. The van der Waals surface area contributed by atoms with Crippen LogP contribution in [0.1, 0.15) is 42.4 Å². The van der Waals surface area contributed by atoms with Crippen molar-refractivity contribution in [1.29, 1.82) is 0 Å². The molecular weight excluding hydrogens is 372 g/mol. The maximum atomic E-state index is 13.1. The Morgan fingerprint density at radius 2 is 1.75 bits per heavy atom. The number of hydrogen-bond donors (Lipinski definition) is 1. The molecule has 150 valence electrons. The number of anilines is 1. The Morgan fingerprint density at radius 1 is 1.04 bits per heavy atom. The van der Waals surface area contributed by atoms with Crippen LogP contribution in [-0.2, 0) is 14.8 Å². The molecule has 1 atom stereocenters. The molecule has 1 saturated heterocycles. The number of hydrogen-bond acceptors (Lipinski definition) is 3. The SMILES string of the molecule is Cc1ccc(S(=O)(=O)N2CCCC[C@H]2CC(=O)Nc2ccc(C)c(C)c2)cc1. The average molecular weight is 401 g/mol. The van der Waals surface area contributed by atoms with Crippen LogP contribution in [0.5, 0.6) is 0 Å².